The van der Waals surface area contributed by atoms with Crippen LogP contribution in [-0.4, -0.2) is 22.3 Å². The van der Waals surface area contributed by atoms with Gasteiger partial charge in [0.2, 0.25) is 0 Å². The second kappa shape index (κ2) is 6.24. The van der Waals surface area contributed by atoms with Crippen molar-refractivity contribution in [1.29, 1.82) is 0 Å². The second-order valence-corrected chi connectivity index (χ2v) is 5.82. The molecule has 94 valence electrons. The van der Waals surface area contributed by atoms with Crippen molar-refractivity contribution in [3.05, 3.63) is 11.9 Å². The van der Waals surface area contributed by atoms with Crippen molar-refractivity contribution in [2.75, 3.05) is 12.4 Å². The van der Waals surface area contributed by atoms with Crippen LogP contribution in [0.25, 0.3) is 0 Å². The van der Waals surface area contributed by atoms with E-state index in [1.165, 1.54) is 36.3 Å². The summed E-state index contributed by atoms with van der Waals surface area (Å²) in [7, 11) is 1.94. The Kier molecular flexibility index (Phi) is 4.66. The molecule has 1 N–H and O–H groups in total. The monoisotopic (exact) mass is 251 g/mol. The summed E-state index contributed by atoms with van der Waals surface area (Å²) >= 11 is 1.96. The third-order valence-corrected chi connectivity index (χ3v) is 4.60. The maximum atomic E-state index is 4.48. The van der Waals surface area contributed by atoms with Crippen LogP contribution in [0.1, 0.15) is 44.6 Å². The van der Waals surface area contributed by atoms with Crippen LogP contribution >= 0.6 is 11.8 Å². The van der Waals surface area contributed by atoms with Gasteiger partial charge in [-0.3, -0.25) is 0 Å². The first-order valence-electron chi connectivity index (χ1n) is 6.53. The number of anilines is 1. The molecule has 2 rings (SSSR count). The standard InChI is InChI=1S/C13H21N3S/c1-3-6-11-12(14-2)15-9-16-13(11)17-10-7-4-5-8-10/h9-10H,3-8H2,1-2H3,(H,14,15,16). The van der Waals surface area contributed by atoms with Crippen LogP contribution in [0.4, 0.5) is 5.82 Å². The summed E-state index contributed by atoms with van der Waals surface area (Å²) in [6, 6.07) is 0. The fourth-order valence-corrected chi connectivity index (χ4v) is 3.69. The van der Waals surface area contributed by atoms with Gasteiger partial charge in [-0.05, 0) is 19.3 Å². The Labute approximate surface area is 108 Å². The summed E-state index contributed by atoms with van der Waals surface area (Å²) in [6.07, 6.45) is 9.33. The summed E-state index contributed by atoms with van der Waals surface area (Å²) < 4.78 is 0. The van der Waals surface area contributed by atoms with E-state index in [2.05, 4.69) is 22.2 Å². The van der Waals surface area contributed by atoms with Gasteiger partial charge in [0, 0.05) is 17.9 Å². The van der Waals surface area contributed by atoms with Gasteiger partial charge in [0.05, 0.1) is 0 Å². The number of nitrogens with one attached hydrogen (secondary N) is 1. The molecule has 0 spiro atoms. The molecule has 1 aromatic heterocycles. The minimum absolute atomic E-state index is 0.769. The fraction of sp³-hybridized carbons (Fsp3) is 0.692. The maximum Gasteiger partial charge on any atom is 0.133 e. The quantitative estimate of drug-likeness (QED) is 0.813. The van der Waals surface area contributed by atoms with Crippen LogP contribution in [0.5, 0.6) is 0 Å². The van der Waals surface area contributed by atoms with Crippen molar-refractivity contribution in [3.63, 3.8) is 0 Å². The number of hydrogen-bond donors (Lipinski definition) is 1. The molecule has 0 bridgehead atoms. The lowest BCUT2D eigenvalue weighted by atomic mass is 10.2. The molecular weight excluding hydrogens is 230 g/mol. The second-order valence-electron chi connectivity index (χ2n) is 4.53. The Hall–Kier alpha value is -0.770. The topological polar surface area (TPSA) is 37.8 Å². The van der Waals surface area contributed by atoms with Gasteiger partial charge in [0.25, 0.3) is 0 Å². The Morgan fingerprint density at radius 3 is 2.76 bits per heavy atom. The summed E-state index contributed by atoms with van der Waals surface area (Å²) in [5, 5.41) is 5.14. The van der Waals surface area contributed by atoms with E-state index in [0.717, 1.165) is 23.9 Å². The number of thioether (sulfide) groups is 1. The molecular formula is C13H21N3S. The first kappa shape index (κ1) is 12.7. The predicted molar refractivity (Wildman–Crippen MR) is 73.7 cm³/mol. The smallest absolute Gasteiger partial charge is 0.133 e. The SMILES string of the molecule is CCCc1c(NC)ncnc1SC1CCCC1. The lowest BCUT2D eigenvalue weighted by Gasteiger charge is -2.14. The van der Waals surface area contributed by atoms with Crippen LogP contribution in [0, 0.1) is 0 Å². The molecule has 0 atom stereocenters. The normalized spacial score (nSPS) is 16.4. The average Bonchev–Trinajstić information content (AvgIpc) is 2.84. The molecule has 0 unspecified atom stereocenters. The van der Waals surface area contributed by atoms with Crippen molar-refractivity contribution in [3.8, 4) is 0 Å². The van der Waals surface area contributed by atoms with Gasteiger partial charge in [0.15, 0.2) is 0 Å². The number of aromatic nitrogens is 2. The summed E-state index contributed by atoms with van der Waals surface area (Å²) in [6.45, 7) is 2.20. The fourth-order valence-electron chi connectivity index (χ4n) is 2.35. The highest BCUT2D eigenvalue weighted by molar-refractivity contribution is 7.99. The Morgan fingerprint density at radius 1 is 1.35 bits per heavy atom. The molecule has 1 aliphatic carbocycles. The van der Waals surface area contributed by atoms with E-state index in [1.807, 2.05) is 18.8 Å². The van der Waals surface area contributed by atoms with Crippen LogP contribution in [0.15, 0.2) is 11.4 Å². The highest BCUT2D eigenvalue weighted by Gasteiger charge is 2.19. The molecule has 0 aliphatic heterocycles. The minimum atomic E-state index is 0.769. The Morgan fingerprint density at radius 2 is 2.12 bits per heavy atom. The van der Waals surface area contributed by atoms with E-state index in [0.29, 0.717) is 0 Å². The molecule has 0 aromatic carbocycles. The summed E-state index contributed by atoms with van der Waals surface area (Å²) in [5.74, 6) is 1.00. The van der Waals surface area contributed by atoms with Gasteiger partial charge in [-0.15, -0.1) is 11.8 Å². The zero-order valence-corrected chi connectivity index (χ0v) is 11.5. The van der Waals surface area contributed by atoms with Gasteiger partial charge >= 0.3 is 0 Å². The van der Waals surface area contributed by atoms with E-state index in [1.54, 1.807) is 6.33 Å². The molecule has 3 nitrogen and oxygen atoms in total. The Bertz CT molecular complexity index is 362. The first-order chi connectivity index (χ1) is 8.35. The number of rotatable bonds is 5. The van der Waals surface area contributed by atoms with Gasteiger partial charge < -0.3 is 5.32 Å². The molecule has 4 heteroatoms. The molecule has 1 aliphatic rings. The van der Waals surface area contributed by atoms with E-state index in [9.17, 15) is 0 Å². The van der Waals surface area contributed by atoms with E-state index in [4.69, 9.17) is 0 Å². The zero-order chi connectivity index (χ0) is 12.1. The lowest BCUT2D eigenvalue weighted by Crippen LogP contribution is -2.04. The van der Waals surface area contributed by atoms with Crippen molar-refractivity contribution >= 4 is 17.6 Å². The molecule has 1 heterocycles. The van der Waals surface area contributed by atoms with Gasteiger partial charge in [-0.25, -0.2) is 9.97 Å². The van der Waals surface area contributed by atoms with E-state index >= 15 is 0 Å². The molecule has 1 saturated carbocycles. The summed E-state index contributed by atoms with van der Waals surface area (Å²) in [4.78, 5) is 8.80. The van der Waals surface area contributed by atoms with Gasteiger partial charge in [-0.2, -0.15) is 0 Å². The van der Waals surface area contributed by atoms with Crippen LogP contribution < -0.4 is 5.32 Å². The molecule has 17 heavy (non-hydrogen) atoms. The molecule has 1 aromatic rings. The highest BCUT2D eigenvalue weighted by atomic mass is 32.2. The highest BCUT2D eigenvalue weighted by Crippen LogP contribution is 2.36. The van der Waals surface area contributed by atoms with Crippen molar-refractivity contribution < 1.29 is 0 Å². The van der Waals surface area contributed by atoms with Crippen molar-refractivity contribution in [1.82, 2.24) is 9.97 Å². The van der Waals surface area contributed by atoms with Crippen molar-refractivity contribution in [2.24, 2.45) is 0 Å². The number of nitrogens with zero attached hydrogens (tertiary/aromatic N) is 2. The summed E-state index contributed by atoms with van der Waals surface area (Å²) in [5.41, 5.74) is 1.30. The zero-order valence-electron chi connectivity index (χ0n) is 10.7. The minimum Gasteiger partial charge on any atom is -0.373 e. The first-order valence-corrected chi connectivity index (χ1v) is 7.41. The van der Waals surface area contributed by atoms with Gasteiger partial charge in [-0.1, -0.05) is 26.2 Å². The van der Waals surface area contributed by atoms with Crippen molar-refractivity contribution in [2.45, 2.75) is 55.7 Å². The lowest BCUT2D eigenvalue weighted by molar-refractivity contribution is 0.847. The Balaban J connectivity index is 2.18. The average molecular weight is 251 g/mol. The van der Waals surface area contributed by atoms with Crippen LogP contribution in [0.2, 0.25) is 0 Å². The molecule has 0 saturated heterocycles. The van der Waals surface area contributed by atoms with E-state index in [-0.39, 0.29) is 0 Å². The third-order valence-electron chi connectivity index (χ3n) is 3.22. The molecule has 0 radical (unpaired) electrons. The van der Waals surface area contributed by atoms with Crippen LogP contribution in [-0.2, 0) is 6.42 Å². The van der Waals surface area contributed by atoms with E-state index < -0.39 is 0 Å². The van der Waals surface area contributed by atoms with Gasteiger partial charge in [0.1, 0.15) is 17.2 Å². The number of hydrogen-bond acceptors (Lipinski definition) is 4. The third kappa shape index (κ3) is 3.12. The molecule has 1 fully saturated rings. The predicted octanol–water partition coefficient (Wildman–Crippen LogP) is 3.51. The van der Waals surface area contributed by atoms with Crippen LogP contribution in [0.3, 0.4) is 0 Å². The largest absolute Gasteiger partial charge is 0.373 e. The maximum absolute atomic E-state index is 4.48. The molecule has 0 amide bonds.